The molecule has 0 aliphatic carbocycles. The van der Waals surface area contributed by atoms with Crippen LogP contribution >= 0.6 is 0 Å². The Labute approximate surface area is 77.4 Å². The van der Waals surface area contributed by atoms with Crippen molar-refractivity contribution in [2.45, 2.75) is 18.7 Å². The summed E-state index contributed by atoms with van der Waals surface area (Å²) in [5.41, 5.74) is 0. The zero-order valence-electron chi connectivity index (χ0n) is 7.54. The molecule has 0 saturated carbocycles. The van der Waals surface area contributed by atoms with Crippen LogP contribution in [0.25, 0.3) is 0 Å². The summed E-state index contributed by atoms with van der Waals surface area (Å²) in [6, 6.07) is 0. The number of aromatic nitrogens is 2. The Bertz CT molecular complexity index is 382. The van der Waals surface area contributed by atoms with Gasteiger partial charge in [0.05, 0.1) is 7.05 Å². The molecule has 1 aromatic heterocycles. The van der Waals surface area contributed by atoms with E-state index in [1.54, 1.807) is 37.3 Å². The Morgan fingerprint density at radius 2 is 2.23 bits per heavy atom. The zero-order chi connectivity index (χ0) is 10.1. The van der Waals surface area contributed by atoms with Crippen molar-refractivity contribution in [2.75, 3.05) is 0 Å². The van der Waals surface area contributed by atoms with Gasteiger partial charge in [-0.3, -0.25) is 0 Å². The molecule has 5 nitrogen and oxygen atoms in total. The number of imidazole rings is 1. The first-order chi connectivity index (χ1) is 5.95. The van der Waals surface area contributed by atoms with E-state index in [0.29, 0.717) is 0 Å². The summed E-state index contributed by atoms with van der Waals surface area (Å²) < 4.78 is 35.5. The summed E-state index contributed by atoms with van der Waals surface area (Å²) in [5.74, 6) is 0. The molecular weight excluding hydrogens is 192 g/mol. The van der Waals surface area contributed by atoms with Crippen LogP contribution in [0.2, 0.25) is 0 Å². The average Bonchev–Trinajstić information content (AvgIpc) is 2.34. The van der Waals surface area contributed by atoms with E-state index in [-0.39, 0.29) is 6.42 Å². The molecule has 0 amide bonds. The summed E-state index contributed by atoms with van der Waals surface area (Å²) >= 11 is 0. The molecule has 1 heterocycles. The number of hydrogen-bond acceptors (Lipinski definition) is 3. The highest BCUT2D eigenvalue weighted by atomic mass is 32.2. The predicted molar refractivity (Wildman–Crippen MR) is 44.6 cm³/mol. The predicted octanol–water partition coefficient (Wildman–Crippen LogP) is -0.234. The molecule has 0 N–H and O–H groups in total. The van der Waals surface area contributed by atoms with Gasteiger partial charge in [-0.25, -0.2) is 17.6 Å². The van der Waals surface area contributed by atoms with Crippen LogP contribution in [0, 0.1) is 0 Å². The van der Waals surface area contributed by atoms with Crippen LogP contribution in [-0.4, -0.2) is 17.5 Å². The molecular formula is C7H12N2O3S. The van der Waals surface area contributed by atoms with Gasteiger partial charge in [-0.05, 0) is 6.42 Å². The molecule has 0 bridgehead atoms. The van der Waals surface area contributed by atoms with Crippen LogP contribution in [0.1, 0.15) is 18.7 Å². The van der Waals surface area contributed by atoms with Gasteiger partial charge in [-0.1, -0.05) is 6.92 Å². The monoisotopic (exact) mass is 204 g/mol. The van der Waals surface area contributed by atoms with E-state index in [1.165, 1.54) is 4.57 Å². The maximum Gasteiger partial charge on any atom is 0.244 e. The molecule has 0 aliphatic rings. The molecule has 0 radical (unpaired) electrons. The highest BCUT2D eigenvalue weighted by Gasteiger charge is 2.20. The van der Waals surface area contributed by atoms with Crippen LogP contribution in [-0.2, 0) is 17.2 Å². The first-order valence-electron chi connectivity index (χ1n) is 3.92. The van der Waals surface area contributed by atoms with Gasteiger partial charge in [0.1, 0.15) is 22.5 Å². The molecule has 0 spiro atoms. The molecule has 0 aromatic carbocycles. The van der Waals surface area contributed by atoms with Crippen LogP contribution < -0.4 is 4.57 Å². The number of nitrogens with zero attached hydrogens (tertiary/aromatic N) is 2. The SMILES string of the molecule is CCC(n1cc[n+](C)c1)S(=O)(=O)[O-]. The maximum absolute atomic E-state index is 10.8. The molecule has 1 aromatic rings. The molecule has 1 rings (SSSR count). The third kappa shape index (κ3) is 2.28. The van der Waals surface area contributed by atoms with Crippen LogP contribution in [0.15, 0.2) is 18.7 Å². The van der Waals surface area contributed by atoms with Crippen LogP contribution in [0.5, 0.6) is 0 Å². The van der Waals surface area contributed by atoms with Crippen molar-refractivity contribution in [3.8, 4) is 0 Å². The van der Waals surface area contributed by atoms with Gasteiger partial charge >= 0.3 is 0 Å². The first-order valence-corrected chi connectivity index (χ1v) is 5.39. The second-order valence-electron chi connectivity index (χ2n) is 2.88. The van der Waals surface area contributed by atoms with Crippen molar-refractivity contribution in [3.05, 3.63) is 18.7 Å². The topological polar surface area (TPSA) is 66.0 Å². The Balaban J connectivity index is 3.05. The lowest BCUT2D eigenvalue weighted by Gasteiger charge is -2.15. The Hall–Kier alpha value is -0.880. The van der Waals surface area contributed by atoms with Crippen molar-refractivity contribution in [1.82, 2.24) is 4.57 Å². The molecule has 1 unspecified atom stereocenters. The number of hydrogen-bond donors (Lipinski definition) is 0. The zero-order valence-corrected chi connectivity index (χ0v) is 8.36. The van der Waals surface area contributed by atoms with E-state index >= 15 is 0 Å². The third-order valence-corrected chi connectivity index (χ3v) is 3.05. The molecule has 0 saturated heterocycles. The Morgan fingerprint density at radius 3 is 2.54 bits per heavy atom. The van der Waals surface area contributed by atoms with E-state index in [0.717, 1.165) is 0 Å². The summed E-state index contributed by atoms with van der Waals surface area (Å²) in [4.78, 5) is 0. The first kappa shape index (κ1) is 10.2. The van der Waals surface area contributed by atoms with Gasteiger partial charge in [0.15, 0.2) is 5.37 Å². The maximum atomic E-state index is 10.8. The quantitative estimate of drug-likeness (QED) is 0.504. The summed E-state index contributed by atoms with van der Waals surface area (Å²) in [5, 5.41) is -0.992. The summed E-state index contributed by atoms with van der Waals surface area (Å²) in [7, 11) is -2.49. The minimum absolute atomic E-state index is 0.278. The van der Waals surface area contributed by atoms with Crippen molar-refractivity contribution >= 4 is 10.1 Å². The second kappa shape index (κ2) is 3.47. The minimum atomic E-state index is -4.26. The molecule has 74 valence electrons. The summed E-state index contributed by atoms with van der Waals surface area (Å²) in [6.45, 7) is 1.67. The normalized spacial score (nSPS) is 14.4. The second-order valence-corrected chi connectivity index (χ2v) is 4.41. The number of aryl methyl sites for hydroxylation is 1. The lowest BCUT2D eigenvalue weighted by Crippen LogP contribution is -2.25. The Morgan fingerprint density at radius 1 is 1.62 bits per heavy atom. The van der Waals surface area contributed by atoms with E-state index in [4.69, 9.17) is 0 Å². The van der Waals surface area contributed by atoms with Crippen molar-refractivity contribution in [2.24, 2.45) is 7.05 Å². The molecule has 13 heavy (non-hydrogen) atoms. The lowest BCUT2D eigenvalue weighted by molar-refractivity contribution is -0.671. The fraction of sp³-hybridized carbons (Fsp3) is 0.571. The lowest BCUT2D eigenvalue weighted by atomic mass is 10.5. The van der Waals surface area contributed by atoms with E-state index in [9.17, 15) is 13.0 Å². The molecule has 0 aliphatic heterocycles. The van der Waals surface area contributed by atoms with Gasteiger partial charge in [0.25, 0.3) is 0 Å². The van der Waals surface area contributed by atoms with E-state index in [1.807, 2.05) is 0 Å². The van der Waals surface area contributed by atoms with Crippen molar-refractivity contribution in [3.63, 3.8) is 0 Å². The fourth-order valence-corrected chi connectivity index (χ4v) is 2.03. The van der Waals surface area contributed by atoms with Gasteiger partial charge in [-0.15, -0.1) is 0 Å². The van der Waals surface area contributed by atoms with E-state index < -0.39 is 15.5 Å². The average molecular weight is 204 g/mol. The van der Waals surface area contributed by atoms with Crippen molar-refractivity contribution < 1.29 is 17.5 Å². The van der Waals surface area contributed by atoms with Gasteiger partial charge in [0.2, 0.25) is 6.33 Å². The van der Waals surface area contributed by atoms with E-state index in [2.05, 4.69) is 0 Å². The minimum Gasteiger partial charge on any atom is -0.745 e. The highest BCUT2D eigenvalue weighted by molar-refractivity contribution is 7.85. The van der Waals surface area contributed by atoms with Gasteiger partial charge in [-0.2, -0.15) is 0 Å². The van der Waals surface area contributed by atoms with Gasteiger partial charge in [0, 0.05) is 0 Å². The molecule has 0 fully saturated rings. The van der Waals surface area contributed by atoms with Crippen LogP contribution in [0.4, 0.5) is 0 Å². The summed E-state index contributed by atoms with van der Waals surface area (Å²) in [6.07, 6.45) is 5.11. The smallest absolute Gasteiger partial charge is 0.244 e. The van der Waals surface area contributed by atoms with Crippen molar-refractivity contribution in [1.29, 1.82) is 0 Å². The largest absolute Gasteiger partial charge is 0.745 e. The van der Waals surface area contributed by atoms with Gasteiger partial charge < -0.3 is 4.55 Å². The van der Waals surface area contributed by atoms with Crippen LogP contribution in [0.3, 0.4) is 0 Å². The number of rotatable bonds is 3. The molecule has 1 atom stereocenters. The highest BCUT2D eigenvalue weighted by Crippen LogP contribution is 2.15. The standard InChI is InChI=1S/C7H12N2O3S/c1-3-7(13(10,11)12)9-5-4-8(2)6-9/h4-7H,3H2,1-2H3. The molecule has 6 heteroatoms. The fourth-order valence-electron chi connectivity index (χ4n) is 1.20. The third-order valence-electron chi connectivity index (χ3n) is 1.80. The Kier molecular flexibility index (Phi) is 2.72.